The Morgan fingerprint density at radius 2 is 2.18 bits per heavy atom. The molecule has 0 aromatic carbocycles. The van der Waals surface area contributed by atoms with Crippen LogP contribution >= 0.6 is 0 Å². The van der Waals surface area contributed by atoms with Gasteiger partial charge in [0.05, 0.1) is 5.56 Å². The molecule has 1 aliphatic rings. The molecule has 0 atom stereocenters. The van der Waals surface area contributed by atoms with Crippen LogP contribution in [-0.2, 0) is 0 Å². The number of hydrogen-bond acceptors (Lipinski definition) is 3. The molecule has 4 heteroatoms. The van der Waals surface area contributed by atoms with Crippen LogP contribution in [-0.4, -0.2) is 30.5 Å². The zero-order valence-electron chi connectivity index (χ0n) is 10.3. The fraction of sp³-hybridized carbons (Fsp3) is 0.538. The van der Waals surface area contributed by atoms with Crippen molar-refractivity contribution in [2.24, 2.45) is 0 Å². The van der Waals surface area contributed by atoms with Crippen LogP contribution in [0.1, 0.15) is 36.5 Å². The van der Waals surface area contributed by atoms with Crippen LogP contribution in [0.25, 0.3) is 0 Å². The Kier molecular flexibility index (Phi) is 3.96. The van der Waals surface area contributed by atoms with Gasteiger partial charge in [-0.15, -0.1) is 0 Å². The molecule has 1 aliphatic heterocycles. The number of hydrogen-bond donors (Lipinski definition) is 1. The van der Waals surface area contributed by atoms with E-state index in [9.17, 15) is 4.79 Å². The minimum Gasteiger partial charge on any atom is -0.356 e. The SMILES string of the molecule is CCNC(=O)c1cccnc1N1CCCCC1. The Morgan fingerprint density at radius 1 is 1.41 bits per heavy atom. The quantitative estimate of drug-likeness (QED) is 0.866. The van der Waals surface area contributed by atoms with Crippen molar-refractivity contribution in [1.29, 1.82) is 0 Å². The largest absolute Gasteiger partial charge is 0.356 e. The second-order valence-electron chi connectivity index (χ2n) is 4.28. The molecule has 0 radical (unpaired) electrons. The minimum atomic E-state index is -0.0267. The third-order valence-corrected chi connectivity index (χ3v) is 3.02. The Hall–Kier alpha value is -1.58. The van der Waals surface area contributed by atoms with Crippen molar-refractivity contribution >= 4 is 11.7 Å². The van der Waals surface area contributed by atoms with Gasteiger partial charge < -0.3 is 10.2 Å². The van der Waals surface area contributed by atoms with E-state index in [0.717, 1.165) is 18.9 Å². The van der Waals surface area contributed by atoms with Gasteiger partial charge in [0, 0.05) is 25.8 Å². The molecular weight excluding hydrogens is 214 g/mol. The van der Waals surface area contributed by atoms with E-state index in [2.05, 4.69) is 15.2 Å². The van der Waals surface area contributed by atoms with Gasteiger partial charge in [-0.25, -0.2) is 4.98 Å². The lowest BCUT2D eigenvalue weighted by atomic mass is 10.1. The van der Waals surface area contributed by atoms with E-state index in [1.165, 1.54) is 19.3 Å². The number of aromatic nitrogens is 1. The minimum absolute atomic E-state index is 0.0267. The van der Waals surface area contributed by atoms with Crippen LogP contribution in [0.3, 0.4) is 0 Å². The maximum absolute atomic E-state index is 11.9. The van der Waals surface area contributed by atoms with Gasteiger partial charge in [0.2, 0.25) is 0 Å². The van der Waals surface area contributed by atoms with E-state index in [1.54, 1.807) is 6.20 Å². The van der Waals surface area contributed by atoms with Crippen molar-refractivity contribution in [3.63, 3.8) is 0 Å². The summed E-state index contributed by atoms with van der Waals surface area (Å²) in [6.45, 7) is 4.58. The molecule has 92 valence electrons. The standard InChI is InChI=1S/C13H19N3O/c1-2-14-13(17)11-7-6-8-15-12(11)16-9-4-3-5-10-16/h6-8H,2-5,9-10H2,1H3,(H,14,17). The first-order valence-corrected chi connectivity index (χ1v) is 6.31. The van der Waals surface area contributed by atoms with Crippen molar-refractivity contribution in [2.45, 2.75) is 26.2 Å². The van der Waals surface area contributed by atoms with Gasteiger partial charge in [-0.2, -0.15) is 0 Å². The molecule has 0 unspecified atom stereocenters. The highest BCUT2D eigenvalue weighted by atomic mass is 16.1. The molecule has 0 saturated carbocycles. The normalized spacial score (nSPS) is 15.7. The second-order valence-corrected chi connectivity index (χ2v) is 4.28. The lowest BCUT2D eigenvalue weighted by Crippen LogP contribution is -2.33. The zero-order chi connectivity index (χ0) is 12.1. The maximum atomic E-state index is 11.9. The predicted molar refractivity (Wildman–Crippen MR) is 68.3 cm³/mol. The number of amides is 1. The van der Waals surface area contributed by atoms with Gasteiger partial charge in [0.1, 0.15) is 5.82 Å². The predicted octanol–water partition coefficient (Wildman–Crippen LogP) is 1.82. The van der Waals surface area contributed by atoms with Crippen LogP contribution in [0, 0.1) is 0 Å². The monoisotopic (exact) mass is 233 g/mol. The average Bonchev–Trinajstić information content (AvgIpc) is 2.40. The summed E-state index contributed by atoms with van der Waals surface area (Å²) < 4.78 is 0. The van der Waals surface area contributed by atoms with E-state index < -0.39 is 0 Å². The molecule has 1 saturated heterocycles. The fourth-order valence-corrected chi connectivity index (χ4v) is 2.19. The molecule has 2 rings (SSSR count). The Bertz CT molecular complexity index is 386. The van der Waals surface area contributed by atoms with Gasteiger partial charge >= 0.3 is 0 Å². The molecule has 17 heavy (non-hydrogen) atoms. The van der Waals surface area contributed by atoms with Crippen molar-refractivity contribution in [3.05, 3.63) is 23.9 Å². The molecule has 2 heterocycles. The third kappa shape index (κ3) is 2.75. The van der Waals surface area contributed by atoms with Gasteiger partial charge in [0.25, 0.3) is 5.91 Å². The molecule has 1 fully saturated rings. The molecule has 0 bridgehead atoms. The molecule has 0 aliphatic carbocycles. The highest BCUT2D eigenvalue weighted by Crippen LogP contribution is 2.21. The average molecular weight is 233 g/mol. The Labute approximate surface area is 102 Å². The lowest BCUT2D eigenvalue weighted by molar-refractivity contribution is 0.0956. The van der Waals surface area contributed by atoms with Crippen LogP contribution in [0.2, 0.25) is 0 Å². The van der Waals surface area contributed by atoms with Crippen LogP contribution < -0.4 is 10.2 Å². The zero-order valence-corrected chi connectivity index (χ0v) is 10.3. The summed E-state index contributed by atoms with van der Waals surface area (Å²) >= 11 is 0. The number of piperidine rings is 1. The number of rotatable bonds is 3. The summed E-state index contributed by atoms with van der Waals surface area (Å²) in [5.74, 6) is 0.805. The van der Waals surface area contributed by atoms with E-state index >= 15 is 0 Å². The van der Waals surface area contributed by atoms with Gasteiger partial charge in [-0.05, 0) is 38.3 Å². The van der Waals surface area contributed by atoms with Crippen LogP contribution in [0.4, 0.5) is 5.82 Å². The van der Waals surface area contributed by atoms with E-state index in [1.807, 2.05) is 19.1 Å². The highest BCUT2D eigenvalue weighted by molar-refractivity contribution is 5.98. The smallest absolute Gasteiger partial charge is 0.255 e. The summed E-state index contributed by atoms with van der Waals surface area (Å²) in [5, 5.41) is 2.84. The molecule has 4 nitrogen and oxygen atoms in total. The number of carbonyl (C=O) groups excluding carboxylic acids is 1. The molecule has 0 spiro atoms. The molecule has 1 aromatic heterocycles. The molecule has 1 amide bonds. The topological polar surface area (TPSA) is 45.2 Å². The van der Waals surface area contributed by atoms with E-state index in [-0.39, 0.29) is 5.91 Å². The Balaban J connectivity index is 2.23. The van der Waals surface area contributed by atoms with Gasteiger partial charge in [-0.1, -0.05) is 0 Å². The number of carbonyl (C=O) groups is 1. The van der Waals surface area contributed by atoms with Gasteiger partial charge in [-0.3, -0.25) is 4.79 Å². The number of pyridine rings is 1. The summed E-state index contributed by atoms with van der Waals surface area (Å²) in [6, 6.07) is 3.67. The number of nitrogens with zero attached hydrogens (tertiary/aromatic N) is 2. The van der Waals surface area contributed by atoms with Crippen molar-refractivity contribution in [3.8, 4) is 0 Å². The number of anilines is 1. The fourth-order valence-electron chi connectivity index (χ4n) is 2.19. The first-order valence-electron chi connectivity index (χ1n) is 6.31. The Morgan fingerprint density at radius 3 is 2.88 bits per heavy atom. The lowest BCUT2D eigenvalue weighted by Gasteiger charge is -2.29. The maximum Gasteiger partial charge on any atom is 0.255 e. The van der Waals surface area contributed by atoms with Crippen molar-refractivity contribution in [1.82, 2.24) is 10.3 Å². The first-order chi connectivity index (χ1) is 8.33. The van der Waals surface area contributed by atoms with Crippen molar-refractivity contribution < 1.29 is 4.79 Å². The van der Waals surface area contributed by atoms with Crippen molar-refractivity contribution in [2.75, 3.05) is 24.5 Å². The molecular formula is C13H19N3O. The highest BCUT2D eigenvalue weighted by Gasteiger charge is 2.18. The summed E-state index contributed by atoms with van der Waals surface area (Å²) in [4.78, 5) is 18.5. The third-order valence-electron chi connectivity index (χ3n) is 3.02. The summed E-state index contributed by atoms with van der Waals surface area (Å²) in [7, 11) is 0. The second kappa shape index (κ2) is 5.66. The van der Waals surface area contributed by atoms with Crippen LogP contribution in [0.15, 0.2) is 18.3 Å². The van der Waals surface area contributed by atoms with E-state index in [4.69, 9.17) is 0 Å². The van der Waals surface area contributed by atoms with Crippen LogP contribution in [0.5, 0.6) is 0 Å². The summed E-state index contributed by atoms with van der Waals surface area (Å²) in [6.07, 6.45) is 5.41. The number of nitrogens with one attached hydrogen (secondary N) is 1. The van der Waals surface area contributed by atoms with Gasteiger partial charge in [0.15, 0.2) is 0 Å². The summed E-state index contributed by atoms with van der Waals surface area (Å²) in [5.41, 5.74) is 0.691. The molecule has 1 aromatic rings. The molecule has 1 N–H and O–H groups in total. The first kappa shape index (κ1) is 11.9. The van der Waals surface area contributed by atoms with E-state index in [0.29, 0.717) is 12.1 Å².